The molecule has 0 aromatic carbocycles. The Labute approximate surface area is 111 Å². The van der Waals surface area contributed by atoms with Gasteiger partial charge in [-0.2, -0.15) is 4.98 Å². The molecule has 0 aliphatic heterocycles. The van der Waals surface area contributed by atoms with E-state index in [0.29, 0.717) is 17.8 Å². The van der Waals surface area contributed by atoms with Gasteiger partial charge in [0.2, 0.25) is 5.95 Å². The van der Waals surface area contributed by atoms with Gasteiger partial charge in [0.15, 0.2) is 0 Å². The van der Waals surface area contributed by atoms with Gasteiger partial charge in [-0.25, -0.2) is 4.98 Å². The van der Waals surface area contributed by atoms with Crippen molar-refractivity contribution in [2.45, 2.75) is 39.2 Å². The molecule has 4 nitrogen and oxygen atoms in total. The first kappa shape index (κ1) is 12.6. The maximum absolute atomic E-state index is 5.77. The SMILES string of the molecule is CC(C)CCN(c1nc(N)cc(Br)n1)C1CC1. The molecule has 0 unspecified atom stereocenters. The zero-order chi connectivity index (χ0) is 12.4. The molecule has 0 atom stereocenters. The van der Waals surface area contributed by atoms with Crippen molar-refractivity contribution in [3.05, 3.63) is 10.7 Å². The highest BCUT2D eigenvalue weighted by atomic mass is 79.9. The van der Waals surface area contributed by atoms with Gasteiger partial charge in [0.25, 0.3) is 0 Å². The molecule has 5 heteroatoms. The molecule has 2 N–H and O–H groups in total. The Morgan fingerprint density at radius 1 is 1.47 bits per heavy atom. The number of hydrogen-bond donors (Lipinski definition) is 1. The summed E-state index contributed by atoms with van der Waals surface area (Å²) in [5.41, 5.74) is 5.77. The first-order chi connectivity index (χ1) is 8.06. The third-order valence-electron chi connectivity index (χ3n) is 2.89. The molecule has 17 heavy (non-hydrogen) atoms. The molecule has 1 aliphatic carbocycles. The Balaban J connectivity index is 2.14. The summed E-state index contributed by atoms with van der Waals surface area (Å²) in [4.78, 5) is 11.1. The van der Waals surface area contributed by atoms with Crippen LogP contribution in [0.25, 0.3) is 0 Å². The fraction of sp³-hybridized carbons (Fsp3) is 0.667. The van der Waals surface area contributed by atoms with E-state index in [0.717, 1.165) is 23.5 Å². The lowest BCUT2D eigenvalue weighted by Crippen LogP contribution is -2.29. The Morgan fingerprint density at radius 2 is 2.18 bits per heavy atom. The van der Waals surface area contributed by atoms with Crippen LogP contribution < -0.4 is 10.6 Å². The quantitative estimate of drug-likeness (QED) is 0.849. The number of anilines is 2. The average molecular weight is 299 g/mol. The lowest BCUT2D eigenvalue weighted by Gasteiger charge is -2.23. The summed E-state index contributed by atoms with van der Waals surface area (Å²) < 4.78 is 0.759. The molecular formula is C12H19BrN4. The minimum absolute atomic E-state index is 0.525. The van der Waals surface area contributed by atoms with Gasteiger partial charge in [0.05, 0.1) is 0 Å². The van der Waals surface area contributed by atoms with Crippen molar-refractivity contribution in [3.8, 4) is 0 Å². The van der Waals surface area contributed by atoms with Gasteiger partial charge in [-0.1, -0.05) is 13.8 Å². The summed E-state index contributed by atoms with van der Waals surface area (Å²) in [5, 5.41) is 0. The van der Waals surface area contributed by atoms with Crippen LogP contribution in [0.15, 0.2) is 10.7 Å². The van der Waals surface area contributed by atoms with Crippen LogP contribution in [0.1, 0.15) is 33.1 Å². The van der Waals surface area contributed by atoms with E-state index in [1.165, 1.54) is 12.8 Å². The second-order valence-electron chi connectivity index (χ2n) is 5.02. The fourth-order valence-electron chi connectivity index (χ4n) is 1.78. The monoisotopic (exact) mass is 298 g/mol. The number of aromatic nitrogens is 2. The molecule has 0 amide bonds. The molecule has 94 valence electrons. The van der Waals surface area contributed by atoms with E-state index in [4.69, 9.17) is 5.73 Å². The molecule has 0 radical (unpaired) electrons. The highest BCUT2D eigenvalue weighted by Crippen LogP contribution is 2.31. The smallest absolute Gasteiger partial charge is 0.228 e. The Bertz CT molecular complexity index is 370. The van der Waals surface area contributed by atoms with Crippen LogP contribution >= 0.6 is 15.9 Å². The normalized spacial score (nSPS) is 15.3. The van der Waals surface area contributed by atoms with Crippen LogP contribution in [0.2, 0.25) is 0 Å². The van der Waals surface area contributed by atoms with E-state index >= 15 is 0 Å². The van der Waals surface area contributed by atoms with Crippen molar-refractivity contribution in [3.63, 3.8) is 0 Å². The maximum Gasteiger partial charge on any atom is 0.228 e. The largest absolute Gasteiger partial charge is 0.383 e. The van der Waals surface area contributed by atoms with Gasteiger partial charge < -0.3 is 10.6 Å². The Hall–Kier alpha value is -0.840. The van der Waals surface area contributed by atoms with Crippen molar-refractivity contribution in [2.24, 2.45) is 5.92 Å². The zero-order valence-corrected chi connectivity index (χ0v) is 11.9. The molecule has 0 spiro atoms. The molecular weight excluding hydrogens is 280 g/mol. The van der Waals surface area contributed by atoms with Crippen molar-refractivity contribution >= 4 is 27.7 Å². The minimum Gasteiger partial charge on any atom is -0.383 e. The van der Waals surface area contributed by atoms with Crippen LogP contribution in [-0.4, -0.2) is 22.6 Å². The van der Waals surface area contributed by atoms with Gasteiger partial charge in [0.1, 0.15) is 10.4 Å². The molecule has 1 aromatic rings. The summed E-state index contributed by atoms with van der Waals surface area (Å²) in [6, 6.07) is 2.35. The highest BCUT2D eigenvalue weighted by molar-refractivity contribution is 9.10. The molecule has 1 saturated carbocycles. The van der Waals surface area contributed by atoms with Gasteiger partial charge >= 0.3 is 0 Å². The predicted octanol–water partition coefficient (Wildman–Crippen LogP) is 2.84. The number of rotatable bonds is 5. The lowest BCUT2D eigenvalue weighted by molar-refractivity contribution is 0.565. The van der Waals surface area contributed by atoms with E-state index in [9.17, 15) is 0 Å². The van der Waals surface area contributed by atoms with Gasteiger partial charge in [-0.3, -0.25) is 0 Å². The average Bonchev–Trinajstić information content (AvgIpc) is 3.00. The van der Waals surface area contributed by atoms with Crippen molar-refractivity contribution in [2.75, 3.05) is 17.2 Å². The van der Waals surface area contributed by atoms with Crippen LogP contribution in [0.3, 0.4) is 0 Å². The Morgan fingerprint density at radius 3 is 2.71 bits per heavy atom. The number of hydrogen-bond acceptors (Lipinski definition) is 4. The summed E-state index contributed by atoms with van der Waals surface area (Å²) in [7, 11) is 0. The van der Waals surface area contributed by atoms with E-state index in [1.54, 1.807) is 6.07 Å². The maximum atomic E-state index is 5.77. The van der Waals surface area contributed by atoms with Gasteiger partial charge in [0, 0.05) is 18.7 Å². The first-order valence-electron chi connectivity index (χ1n) is 6.13. The second-order valence-corrected chi connectivity index (χ2v) is 5.84. The zero-order valence-electron chi connectivity index (χ0n) is 10.4. The summed E-state index contributed by atoms with van der Waals surface area (Å²) in [5.74, 6) is 1.98. The minimum atomic E-state index is 0.525. The predicted molar refractivity (Wildman–Crippen MR) is 74.0 cm³/mol. The third kappa shape index (κ3) is 3.56. The Kier molecular flexibility index (Phi) is 3.86. The van der Waals surface area contributed by atoms with Crippen molar-refractivity contribution < 1.29 is 0 Å². The molecule has 1 fully saturated rings. The molecule has 1 aromatic heterocycles. The number of nitrogens with zero attached hydrogens (tertiary/aromatic N) is 3. The highest BCUT2D eigenvalue weighted by Gasteiger charge is 2.30. The van der Waals surface area contributed by atoms with Crippen molar-refractivity contribution in [1.82, 2.24) is 9.97 Å². The van der Waals surface area contributed by atoms with Crippen molar-refractivity contribution in [1.29, 1.82) is 0 Å². The standard InChI is InChI=1S/C12H19BrN4/c1-8(2)5-6-17(9-3-4-9)12-15-10(13)7-11(14)16-12/h7-9H,3-6H2,1-2H3,(H2,14,15,16). The topological polar surface area (TPSA) is 55.0 Å². The molecule has 2 rings (SSSR count). The molecule has 0 bridgehead atoms. The molecule has 1 heterocycles. The first-order valence-corrected chi connectivity index (χ1v) is 6.92. The van der Waals surface area contributed by atoms with Crippen LogP contribution in [0.4, 0.5) is 11.8 Å². The molecule has 0 saturated heterocycles. The third-order valence-corrected chi connectivity index (χ3v) is 3.30. The number of nitrogen functional groups attached to an aromatic ring is 1. The summed E-state index contributed by atoms with van der Waals surface area (Å²) in [6.45, 7) is 5.49. The van der Waals surface area contributed by atoms with E-state index < -0.39 is 0 Å². The summed E-state index contributed by atoms with van der Waals surface area (Å²) >= 11 is 3.37. The van der Waals surface area contributed by atoms with E-state index in [2.05, 4.69) is 44.6 Å². The van der Waals surface area contributed by atoms with E-state index in [-0.39, 0.29) is 0 Å². The van der Waals surface area contributed by atoms with Crippen LogP contribution in [-0.2, 0) is 0 Å². The number of nitrogens with two attached hydrogens (primary N) is 1. The fourth-order valence-corrected chi connectivity index (χ4v) is 2.17. The van der Waals surface area contributed by atoms with Crippen LogP contribution in [0, 0.1) is 5.92 Å². The second kappa shape index (κ2) is 5.21. The number of halogens is 1. The summed E-state index contributed by atoms with van der Waals surface area (Å²) in [6.07, 6.45) is 3.65. The van der Waals surface area contributed by atoms with Crippen LogP contribution in [0.5, 0.6) is 0 Å². The van der Waals surface area contributed by atoms with Gasteiger partial charge in [-0.05, 0) is 41.1 Å². The van der Waals surface area contributed by atoms with E-state index in [1.807, 2.05) is 0 Å². The van der Waals surface area contributed by atoms with Gasteiger partial charge in [-0.15, -0.1) is 0 Å². The molecule has 1 aliphatic rings. The lowest BCUT2D eigenvalue weighted by atomic mass is 10.1.